The van der Waals surface area contributed by atoms with Crippen LogP contribution in [-0.4, -0.2) is 20.4 Å². The van der Waals surface area contributed by atoms with Gasteiger partial charge in [0.1, 0.15) is 7.85 Å². The Morgan fingerprint density at radius 1 is 1.23 bits per heavy atom. The van der Waals surface area contributed by atoms with Crippen molar-refractivity contribution in [1.82, 2.24) is 0 Å². The van der Waals surface area contributed by atoms with E-state index in [2.05, 4.69) is 4.99 Å². The second-order valence-electron chi connectivity index (χ2n) is 2.80. The highest BCUT2D eigenvalue weighted by atomic mass is 15.0. The first-order valence-corrected chi connectivity index (χ1v) is 4.08. The van der Waals surface area contributed by atoms with Crippen molar-refractivity contribution in [3.8, 4) is 0 Å². The van der Waals surface area contributed by atoms with E-state index in [1.807, 2.05) is 24.3 Å². The molecule has 0 fully saturated rings. The van der Waals surface area contributed by atoms with E-state index in [9.17, 15) is 0 Å². The minimum absolute atomic E-state index is 0.135. The Morgan fingerprint density at radius 3 is 2.38 bits per heavy atom. The smallest absolute Gasteiger partial charge is 0.185 e. The van der Waals surface area contributed by atoms with Gasteiger partial charge in [-0.25, -0.2) is 0 Å². The molecule has 13 heavy (non-hydrogen) atoms. The number of nitrogens with zero attached hydrogens (tertiary/aromatic N) is 1. The van der Waals surface area contributed by atoms with Gasteiger partial charge in [-0.2, -0.15) is 0 Å². The number of hydrogen-bond donors (Lipinski definition) is 2. The van der Waals surface area contributed by atoms with E-state index < -0.39 is 0 Å². The van der Waals surface area contributed by atoms with Crippen LogP contribution in [0, 0.1) is 0 Å². The molecule has 0 saturated heterocycles. The maximum atomic E-state index is 5.54. The van der Waals surface area contributed by atoms with Gasteiger partial charge in [0.25, 0.3) is 0 Å². The van der Waals surface area contributed by atoms with Gasteiger partial charge in [-0.15, -0.1) is 0 Å². The molecule has 0 amide bonds. The second-order valence-corrected chi connectivity index (χ2v) is 2.80. The van der Waals surface area contributed by atoms with Gasteiger partial charge in [-0.3, -0.25) is 4.99 Å². The summed E-state index contributed by atoms with van der Waals surface area (Å²) in [5, 5.41) is 0. The zero-order valence-electron chi connectivity index (χ0n) is 7.40. The molecular formula is C9H12BN3. The van der Waals surface area contributed by atoms with Gasteiger partial charge in [0.2, 0.25) is 0 Å². The zero-order chi connectivity index (χ0) is 9.68. The topological polar surface area (TPSA) is 64.4 Å². The summed E-state index contributed by atoms with van der Waals surface area (Å²) in [5.74, 6) is 0.135. The van der Waals surface area contributed by atoms with Crippen LogP contribution in [0.15, 0.2) is 29.3 Å². The van der Waals surface area contributed by atoms with E-state index in [0.717, 1.165) is 11.9 Å². The van der Waals surface area contributed by atoms with Crippen molar-refractivity contribution in [2.45, 2.75) is 6.42 Å². The molecule has 0 aromatic heterocycles. The summed E-state index contributed by atoms with van der Waals surface area (Å²) in [5.41, 5.74) is 12.3. The molecule has 0 aliphatic carbocycles. The fourth-order valence-corrected chi connectivity index (χ4v) is 0.998. The number of nitrogens with two attached hydrogens (primary N) is 2. The van der Waals surface area contributed by atoms with Crippen LogP contribution in [0.25, 0.3) is 0 Å². The fraction of sp³-hybridized carbons (Fsp3) is 0.222. The van der Waals surface area contributed by atoms with Crippen LogP contribution in [0.1, 0.15) is 5.56 Å². The van der Waals surface area contributed by atoms with Gasteiger partial charge in [0.05, 0.1) is 0 Å². The lowest BCUT2D eigenvalue weighted by atomic mass is 9.95. The van der Waals surface area contributed by atoms with Gasteiger partial charge >= 0.3 is 0 Å². The lowest BCUT2D eigenvalue weighted by Gasteiger charge is -1.99. The van der Waals surface area contributed by atoms with Gasteiger partial charge in [-0.05, 0) is 12.0 Å². The van der Waals surface area contributed by atoms with E-state index in [0.29, 0.717) is 6.54 Å². The first kappa shape index (κ1) is 9.64. The van der Waals surface area contributed by atoms with E-state index in [4.69, 9.17) is 19.3 Å². The number of guanidine groups is 1. The summed E-state index contributed by atoms with van der Waals surface area (Å²) < 4.78 is 0. The molecule has 1 rings (SSSR count). The van der Waals surface area contributed by atoms with Crippen LogP contribution in [0.5, 0.6) is 0 Å². The average Bonchev–Trinajstić information content (AvgIpc) is 2.08. The quantitative estimate of drug-likeness (QED) is 0.360. The van der Waals surface area contributed by atoms with Crippen molar-refractivity contribution in [3.05, 3.63) is 29.8 Å². The first-order chi connectivity index (χ1) is 6.18. The second kappa shape index (κ2) is 4.55. The maximum absolute atomic E-state index is 5.54. The van der Waals surface area contributed by atoms with Crippen LogP contribution in [0.4, 0.5) is 0 Å². The zero-order valence-corrected chi connectivity index (χ0v) is 7.40. The number of aliphatic imine (C=N–C) groups is 1. The Morgan fingerprint density at radius 2 is 1.85 bits per heavy atom. The van der Waals surface area contributed by atoms with Gasteiger partial charge < -0.3 is 11.5 Å². The number of rotatable bonds is 3. The Balaban J connectivity index is 2.46. The lowest BCUT2D eigenvalue weighted by Crippen LogP contribution is -2.23. The van der Waals surface area contributed by atoms with Crippen molar-refractivity contribution >= 4 is 19.3 Å². The first-order valence-electron chi connectivity index (χ1n) is 4.08. The molecule has 0 aliphatic heterocycles. The van der Waals surface area contributed by atoms with E-state index in [1.54, 1.807) is 0 Å². The highest BCUT2D eigenvalue weighted by Gasteiger charge is 1.91. The van der Waals surface area contributed by atoms with Gasteiger partial charge in [-0.1, -0.05) is 29.7 Å². The molecular weight excluding hydrogens is 161 g/mol. The fourth-order valence-electron chi connectivity index (χ4n) is 0.998. The lowest BCUT2D eigenvalue weighted by molar-refractivity contribution is 0.963. The molecule has 0 saturated carbocycles. The number of benzene rings is 1. The monoisotopic (exact) mass is 173 g/mol. The maximum Gasteiger partial charge on any atom is 0.185 e. The summed E-state index contributed by atoms with van der Waals surface area (Å²) in [6, 6.07) is 7.67. The number of hydrogen-bond acceptors (Lipinski definition) is 1. The molecule has 0 bridgehead atoms. The third-order valence-electron chi connectivity index (χ3n) is 1.67. The SMILES string of the molecule is [B]c1ccc(CCN=C(N)N)cc1. The Bertz CT molecular complexity index is 288. The molecule has 4 heteroatoms. The van der Waals surface area contributed by atoms with Crippen LogP contribution in [0.3, 0.4) is 0 Å². The van der Waals surface area contributed by atoms with Crippen LogP contribution < -0.4 is 16.9 Å². The molecule has 0 aliphatic rings. The normalized spacial score (nSPS) is 9.54. The largest absolute Gasteiger partial charge is 0.370 e. The van der Waals surface area contributed by atoms with Crippen molar-refractivity contribution in [2.75, 3.05) is 6.54 Å². The predicted octanol–water partition coefficient (Wildman–Crippen LogP) is -0.704. The minimum atomic E-state index is 0.135. The molecule has 1 aromatic rings. The third-order valence-corrected chi connectivity index (χ3v) is 1.67. The molecule has 2 radical (unpaired) electrons. The summed E-state index contributed by atoms with van der Waals surface area (Å²) in [4.78, 5) is 3.88. The molecule has 4 N–H and O–H groups in total. The van der Waals surface area contributed by atoms with Crippen molar-refractivity contribution in [1.29, 1.82) is 0 Å². The molecule has 0 spiro atoms. The Hall–Kier alpha value is -1.45. The highest BCUT2D eigenvalue weighted by molar-refractivity contribution is 6.32. The molecule has 0 unspecified atom stereocenters. The molecule has 0 atom stereocenters. The van der Waals surface area contributed by atoms with Crippen molar-refractivity contribution < 1.29 is 0 Å². The van der Waals surface area contributed by atoms with Gasteiger partial charge in [0.15, 0.2) is 5.96 Å². The standard InChI is InChI=1S/C9H12BN3/c10-8-3-1-7(2-4-8)5-6-13-9(11)12/h1-4H,5-6H2,(H4,11,12,13). The van der Waals surface area contributed by atoms with Crippen LogP contribution in [-0.2, 0) is 6.42 Å². The average molecular weight is 173 g/mol. The summed E-state index contributed by atoms with van der Waals surface area (Å²) in [6.45, 7) is 0.617. The Kier molecular flexibility index (Phi) is 3.37. The van der Waals surface area contributed by atoms with Crippen molar-refractivity contribution in [2.24, 2.45) is 16.5 Å². The molecule has 1 aromatic carbocycles. The summed E-state index contributed by atoms with van der Waals surface area (Å²) >= 11 is 0. The van der Waals surface area contributed by atoms with E-state index in [1.165, 1.54) is 5.56 Å². The minimum Gasteiger partial charge on any atom is -0.370 e. The van der Waals surface area contributed by atoms with Gasteiger partial charge in [0, 0.05) is 6.54 Å². The van der Waals surface area contributed by atoms with Crippen molar-refractivity contribution in [3.63, 3.8) is 0 Å². The van der Waals surface area contributed by atoms with E-state index >= 15 is 0 Å². The molecule has 0 heterocycles. The highest BCUT2D eigenvalue weighted by Crippen LogP contribution is 1.97. The molecule has 3 nitrogen and oxygen atoms in total. The summed E-state index contributed by atoms with van der Waals surface area (Å²) in [7, 11) is 5.54. The third kappa shape index (κ3) is 3.65. The van der Waals surface area contributed by atoms with Crippen LogP contribution >= 0.6 is 0 Å². The van der Waals surface area contributed by atoms with Crippen LogP contribution in [0.2, 0.25) is 0 Å². The predicted molar refractivity (Wildman–Crippen MR) is 56.2 cm³/mol. The molecule has 66 valence electrons. The summed E-state index contributed by atoms with van der Waals surface area (Å²) in [6.07, 6.45) is 0.832. The Labute approximate surface area is 79.3 Å². The van der Waals surface area contributed by atoms with E-state index in [-0.39, 0.29) is 5.96 Å².